The van der Waals surface area contributed by atoms with Crippen molar-refractivity contribution in [2.75, 3.05) is 26.7 Å². The number of halogens is 1. The smallest absolute Gasteiger partial charge is 0.303 e. The summed E-state index contributed by atoms with van der Waals surface area (Å²) < 4.78 is 57.1. The first-order valence-corrected chi connectivity index (χ1v) is 25.8. The van der Waals surface area contributed by atoms with Crippen LogP contribution in [0.1, 0.15) is 70.0 Å². The van der Waals surface area contributed by atoms with Crippen molar-refractivity contribution in [3.63, 3.8) is 0 Å². The molecule has 1 unspecified atom stereocenters. The molecule has 1 N–H and O–H groups in total. The van der Waals surface area contributed by atoms with Gasteiger partial charge in [-0.3, -0.25) is 14.4 Å². The zero-order chi connectivity index (χ0) is 45.6. The van der Waals surface area contributed by atoms with Crippen molar-refractivity contribution < 1.29 is 61.8 Å². The van der Waals surface area contributed by atoms with E-state index in [0.717, 1.165) is 4.90 Å². The Balaban J connectivity index is 1.55. The van der Waals surface area contributed by atoms with Crippen LogP contribution in [0.15, 0.2) is 47.4 Å². The first-order chi connectivity index (χ1) is 29.1. The van der Waals surface area contributed by atoms with Crippen LogP contribution in [0.3, 0.4) is 0 Å². The SMILES string of the molecule is COc1cc2cc3c(c(OC)c2c(O)c1C)C(=O)[C@@H](O[C@@H]1O[C@H](CBr)[C@@H](OC(C)=O)[C@H](O[Si](C)(C)C(C)(C)C)[C@H]1Sc1ccccc1)C([C@H](OC)C(=O)[C@H]1OC(C)(C)O[C@@H]1C)C3. The number of hydrogen-bond acceptors (Lipinski definition) is 14. The van der Waals surface area contributed by atoms with Crippen molar-refractivity contribution in [3.05, 3.63) is 59.2 Å². The number of ether oxygens (including phenoxy) is 8. The van der Waals surface area contributed by atoms with Crippen molar-refractivity contribution >= 4 is 64.3 Å². The van der Waals surface area contributed by atoms with Gasteiger partial charge in [0.2, 0.25) is 0 Å². The number of esters is 1. The summed E-state index contributed by atoms with van der Waals surface area (Å²) >= 11 is 5.05. The third kappa shape index (κ3) is 9.50. The predicted molar refractivity (Wildman–Crippen MR) is 241 cm³/mol. The Morgan fingerprint density at radius 2 is 1.73 bits per heavy atom. The molecule has 0 bridgehead atoms. The highest BCUT2D eigenvalue weighted by Gasteiger charge is 2.56. The van der Waals surface area contributed by atoms with E-state index in [1.165, 1.54) is 40.0 Å². The van der Waals surface area contributed by atoms with Crippen molar-refractivity contribution in [1.82, 2.24) is 0 Å². The second-order valence-corrected chi connectivity index (χ2v) is 24.9. The van der Waals surface area contributed by atoms with Crippen LogP contribution in [0.25, 0.3) is 10.8 Å². The maximum Gasteiger partial charge on any atom is 0.303 e. The molecule has 2 heterocycles. The number of carbonyl (C=O) groups excluding carboxylic acids is 3. The van der Waals surface area contributed by atoms with Crippen LogP contribution < -0.4 is 9.47 Å². The molecule has 2 aliphatic heterocycles. The molecule has 3 aliphatic rings. The molecule has 6 rings (SSSR count). The molecule has 0 saturated carbocycles. The largest absolute Gasteiger partial charge is 0.507 e. The summed E-state index contributed by atoms with van der Waals surface area (Å²) in [7, 11) is 1.78. The van der Waals surface area contributed by atoms with Gasteiger partial charge in [0.15, 0.2) is 38.1 Å². The number of rotatable bonds is 14. The Morgan fingerprint density at radius 3 is 2.27 bits per heavy atom. The van der Waals surface area contributed by atoms with Crippen LogP contribution in [0, 0.1) is 12.8 Å². The van der Waals surface area contributed by atoms with Crippen LogP contribution in [0.5, 0.6) is 17.2 Å². The number of ketones is 2. The predicted octanol–water partition coefficient (Wildman–Crippen LogP) is 8.34. The minimum absolute atomic E-state index is 0.0939. The molecule has 62 heavy (non-hydrogen) atoms. The number of phenols is 1. The minimum Gasteiger partial charge on any atom is -0.507 e. The number of hydrogen-bond donors (Lipinski definition) is 1. The lowest BCUT2D eigenvalue weighted by Gasteiger charge is -2.50. The number of phenolic OH excluding ortho intramolecular Hbond substituents is 1. The third-order valence-electron chi connectivity index (χ3n) is 12.5. The number of carbonyl (C=O) groups is 3. The van der Waals surface area contributed by atoms with E-state index < -0.39 is 91.8 Å². The van der Waals surface area contributed by atoms with Gasteiger partial charge in [-0.25, -0.2) is 0 Å². The van der Waals surface area contributed by atoms with E-state index >= 15 is 4.79 Å². The monoisotopic (exact) mass is 960 g/mol. The highest BCUT2D eigenvalue weighted by atomic mass is 79.9. The molecule has 3 aromatic rings. The summed E-state index contributed by atoms with van der Waals surface area (Å²) in [5.41, 5.74) is 1.24. The molecular formula is C46H61BrO13SSi. The van der Waals surface area contributed by atoms with Gasteiger partial charge in [-0.2, -0.15) is 0 Å². The molecule has 0 radical (unpaired) electrons. The average Bonchev–Trinajstić information content (AvgIpc) is 3.49. The lowest BCUT2D eigenvalue weighted by atomic mass is 9.74. The Labute approximate surface area is 378 Å². The minimum atomic E-state index is -2.61. The number of thioether (sulfide) groups is 1. The quantitative estimate of drug-likeness (QED) is 0.0935. The fraction of sp³-hybridized carbons (Fsp3) is 0.587. The molecule has 3 aromatic carbocycles. The van der Waals surface area contributed by atoms with E-state index in [-0.39, 0.29) is 33.9 Å². The Kier molecular flexibility index (Phi) is 14.7. The van der Waals surface area contributed by atoms with Gasteiger partial charge >= 0.3 is 5.97 Å². The maximum atomic E-state index is 15.5. The molecule has 0 spiro atoms. The molecule has 2 saturated heterocycles. The number of Topliss-reactive ketones (excluding diaryl/α,β-unsaturated/α-hetero) is 2. The van der Waals surface area contributed by atoms with E-state index in [9.17, 15) is 14.7 Å². The third-order valence-corrected chi connectivity index (χ3v) is 18.9. The van der Waals surface area contributed by atoms with E-state index in [4.69, 9.17) is 42.3 Å². The molecule has 13 nitrogen and oxygen atoms in total. The second kappa shape index (κ2) is 18.8. The highest BCUT2D eigenvalue weighted by Crippen LogP contribution is 2.49. The molecule has 340 valence electrons. The van der Waals surface area contributed by atoms with E-state index in [2.05, 4.69) is 49.8 Å². The Hall–Kier alpha value is -3.06. The second-order valence-electron chi connectivity index (χ2n) is 18.2. The van der Waals surface area contributed by atoms with Crippen molar-refractivity contribution in [2.24, 2.45) is 5.92 Å². The molecular weight excluding hydrogens is 901 g/mol. The van der Waals surface area contributed by atoms with Crippen molar-refractivity contribution in [2.45, 2.75) is 145 Å². The van der Waals surface area contributed by atoms with Crippen LogP contribution in [0.4, 0.5) is 0 Å². The van der Waals surface area contributed by atoms with Crippen molar-refractivity contribution in [3.8, 4) is 17.2 Å². The Morgan fingerprint density at radius 1 is 1.05 bits per heavy atom. The fourth-order valence-corrected chi connectivity index (χ4v) is 11.7. The summed E-state index contributed by atoms with van der Waals surface area (Å²) in [5, 5.41) is 11.8. The summed E-state index contributed by atoms with van der Waals surface area (Å²) in [6, 6.07) is 13.3. The highest BCUT2D eigenvalue weighted by molar-refractivity contribution is 9.09. The Bertz CT molecular complexity index is 2140. The number of alkyl halides is 1. The van der Waals surface area contributed by atoms with Gasteiger partial charge in [0.05, 0.1) is 36.5 Å². The van der Waals surface area contributed by atoms with Crippen LogP contribution in [-0.4, -0.2) is 118 Å². The summed E-state index contributed by atoms with van der Waals surface area (Å²) in [6.45, 7) is 19.0. The van der Waals surface area contributed by atoms with Gasteiger partial charge in [-0.15, -0.1) is 11.8 Å². The normalized spacial score (nSPS) is 28.0. The van der Waals surface area contributed by atoms with Gasteiger partial charge < -0.3 is 47.4 Å². The summed E-state index contributed by atoms with van der Waals surface area (Å²) in [5.74, 6) is -2.84. The summed E-state index contributed by atoms with van der Waals surface area (Å²) in [6.07, 6.45) is -7.62. The first kappa shape index (κ1) is 48.4. The van der Waals surface area contributed by atoms with Gasteiger partial charge in [0.25, 0.3) is 0 Å². The first-order valence-electron chi connectivity index (χ1n) is 20.9. The number of fused-ring (bicyclic) bond motifs is 2. The lowest BCUT2D eigenvalue weighted by molar-refractivity contribution is -0.257. The van der Waals surface area contributed by atoms with Gasteiger partial charge in [-0.05, 0) is 87.5 Å². The average molecular weight is 962 g/mol. The van der Waals surface area contributed by atoms with Crippen LogP contribution >= 0.6 is 27.7 Å². The number of methoxy groups -OCH3 is 3. The van der Waals surface area contributed by atoms with Crippen molar-refractivity contribution in [1.29, 1.82) is 0 Å². The standard InChI is InChI=1S/C46H61BrO13SSi/c1-23-30(52-9)21-27-19-26-20-29(38(53-10)36(51)37-24(2)58-46(7,8)59-37)39(35(50)33(26)41(54-11)32(27)34(23)49)57-44-43(61-28-17-15-14-16-18-28)42(60-62(12,13)45(4,5)6)40(55-25(3)48)31(22-47)56-44/h14-19,21,24,29,31,37-40,42-44,49H,20,22H2,1-13H3/t24-,29?,31-,37+,38+,39+,40-,42+,43-,44+/m1/s1. The zero-order valence-electron chi connectivity index (χ0n) is 37.9. The van der Waals surface area contributed by atoms with E-state index in [1.54, 1.807) is 33.8 Å². The van der Waals surface area contributed by atoms with E-state index in [0.29, 0.717) is 27.6 Å². The molecule has 0 amide bonds. The topological polar surface area (TPSA) is 155 Å². The zero-order valence-corrected chi connectivity index (χ0v) is 41.3. The van der Waals surface area contributed by atoms with Gasteiger partial charge in [0, 0.05) is 35.7 Å². The molecule has 10 atom stereocenters. The lowest BCUT2D eigenvalue weighted by Crippen LogP contribution is -2.64. The number of aromatic hydroxyl groups is 1. The van der Waals surface area contributed by atoms with E-state index in [1.807, 2.05) is 36.4 Å². The molecule has 16 heteroatoms. The molecule has 2 fully saturated rings. The maximum absolute atomic E-state index is 15.5. The van der Waals surface area contributed by atoms with Crippen LogP contribution in [0.2, 0.25) is 18.1 Å². The van der Waals surface area contributed by atoms with Gasteiger partial charge in [-0.1, -0.05) is 54.9 Å². The van der Waals surface area contributed by atoms with Crippen LogP contribution in [-0.2, 0) is 48.9 Å². The summed E-state index contributed by atoms with van der Waals surface area (Å²) in [4.78, 5) is 43.9. The fourth-order valence-electron chi connectivity index (χ4n) is 8.53. The molecule has 0 aromatic heterocycles. The van der Waals surface area contributed by atoms with Gasteiger partial charge in [0.1, 0.15) is 47.8 Å². The molecule has 1 aliphatic carbocycles. The number of benzene rings is 3.